The predicted molar refractivity (Wildman–Crippen MR) is 125 cm³/mol. The fourth-order valence-electron chi connectivity index (χ4n) is 3.30. The first-order valence-corrected chi connectivity index (χ1v) is 11.6. The Bertz CT molecular complexity index is 896. The van der Waals surface area contributed by atoms with Crippen molar-refractivity contribution in [3.8, 4) is 0 Å². The van der Waals surface area contributed by atoms with Crippen LogP contribution in [0.3, 0.4) is 0 Å². The van der Waals surface area contributed by atoms with E-state index in [1.807, 2.05) is 51.1 Å². The van der Waals surface area contributed by atoms with Crippen LogP contribution in [0.25, 0.3) is 0 Å². The number of hydrogen-bond donors (Lipinski definition) is 1. The van der Waals surface area contributed by atoms with Crippen LogP contribution in [0.1, 0.15) is 62.5 Å². The molecule has 0 aliphatic heterocycles. The minimum absolute atomic E-state index is 0.0985. The third-order valence-corrected chi connectivity index (χ3v) is 6.83. The first-order valence-electron chi connectivity index (χ1n) is 10.4. The van der Waals surface area contributed by atoms with E-state index in [-0.39, 0.29) is 6.61 Å². The zero-order valence-electron chi connectivity index (χ0n) is 19.3. The van der Waals surface area contributed by atoms with Crippen molar-refractivity contribution in [2.45, 2.75) is 63.6 Å². The van der Waals surface area contributed by atoms with E-state index in [9.17, 15) is 17.7 Å². The average Bonchev–Trinajstić information content (AvgIpc) is 2.70. The zero-order chi connectivity index (χ0) is 24.2. The predicted octanol–water partition coefficient (Wildman–Crippen LogP) is 6.61. The van der Waals surface area contributed by atoms with Gasteiger partial charge in [-0.15, -0.1) is 11.3 Å². The molecular formula is C25H32F3NO2S. The second-order valence-corrected chi connectivity index (χ2v) is 11.0. The highest BCUT2D eigenvalue weighted by Gasteiger charge is 2.41. The van der Waals surface area contributed by atoms with Gasteiger partial charge in [0.15, 0.2) is 0 Å². The molecule has 2 rings (SSSR count). The van der Waals surface area contributed by atoms with Gasteiger partial charge >= 0.3 is 6.18 Å². The van der Waals surface area contributed by atoms with Gasteiger partial charge in [-0.1, -0.05) is 48.0 Å². The maximum atomic E-state index is 13.3. The van der Waals surface area contributed by atoms with Crippen molar-refractivity contribution in [2.24, 2.45) is 0 Å². The summed E-state index contributed by atoms with van der Waals surface area (Å²) < 4.78 is 61.7. The lowest BCUT2D eigenvalue weighted by Crippen LogP contribution is -2.53. The third kappa shape index (κ3) is 6.85. The molecule has 0 saturated heterocycles. The molecule has 7 heteroatoms. The molecule has 0 aliphatic rings. The summed E-state index contributed by atoms with van der Waals surface area (Å²) in [6.07, 6.45) is -2.88. The number of nitrogens with one attached hydrogen (secondary N) is 1. The Balaban J connectivity index is 2.38. The standard InChI is InChI=1S/C25H32F3NO2S/c1-7-13-24(21-11-9-8-10-12-21,29-32(30)23(4,5)6)17-31-19(3)20-14-18(2)15-22(16-20)25(26,27)28/h7-12,14-16,19,29H,1,13,17H2,2-6H3/t19-,24-,32?/m1/s1. The van der Waals surface area contributed by atoms with Crippen molar-refractivity contribution in [3.05, 3.63) is 83.4 Å². The minimum Gasteiger partial charge on any atom is -0.598 e. The Morgan fingerprint density at radius 2 is 1.72 bits per heavy atom. The molecule has 3 nitrogen and oxygen atoms in total. The summed E-state index contributed by atoms with van der Waals surface area (Å²) in [6, 6.07) is 13.4. The average molecular weight is 468 g/mol. The van der Waals surface area contributed by atoms with Crippen LogP contribution in [0.2, 0.25) is 0 Å². The lowest BCUT2D eigenvalue weighted by molar-refractivity contribution is -0.137. The molecule has 0 heterocycles. The van der Waals surface area contributed by atoms with Crippen molar-refractivity contribution in [3.63, 3.8) is 0 Å². The van der Waals surface area contributed by atoms with Gasteiger partial charge in [-0.3, -0.25) is 0 Å². The van der Waals surface area contributed by atoms with Crippen molar-refractivity contribution in [1.29, 1.82) is 0 Å². The molecule has 176 valence electrons. The molecule has 0 saturated carbocycles. The van der Waals surface area contributed by atoms with E-state index in [4.69, 9.17) is 4.74 Å². The molecule has 3 atom stereocenters. The number of aryl methyl sites for hydroxylation is 1. The van der Waals surface area contributed by atoms with E-state index < -0.39 is 39.5 Å². The molecule has 32 heavy (non-hydrogen) atoms. The van der Waals surface area contributed by atoms with E-state index in [1.165, 1.54) is 0 Å². The summed E-state index contributed by atoms with van der Waals surface area (Å²) in [4.78, 5) is 0. The lowest BCUT2D eigenvalue weighted by atomic mass is 9.88. The fourth-order valence-corrected chi connectivity index (χ4v) is 4.22. The largest absolute Gasteiger partial charge is 0.598 e. The van der Waals surface area contributed by atoms with Gasteiger partial charge in [0.25, 0.3) is 0 Å². The highest BCUT2D eigenvalue weighted by molar-refractivity contribution is 7.90. The SMILES string of the molecule is C=CC[C@](CO[C@H](C)c1cc(C)cc(C(F)(F)F)c1)(N[S+]([O-])C(C)(C)C)c1ccccc1. The molecule has 0 amide bonds. The van der Waals surface area contributed by atoms with Crippen LogP contribution < -0.4 is 4.72 Å². The molecule has 2 aromatic rings. The zero-order valence-corrected chi connectivity index (χ0v) is 20.1. The van der Waals surface area contributed by atoms with Gasteiger partial charge in [-0.25, -0.2) is 0 Å². The molecule has 0 fully saturated rings. The first kappa shape index (κ1) is 26.5. The Hall–Kier alpha value is -1.80. The summed E-state index contributed by atoms with van der Waals surface area (Å²) in [5.41, 5.74) is 0.263. The smallest absolute Gasteiger partial charge is 0.416 e. The normalized spacial score (nSPS) is 16.3. The summed E-state index contributed by atoms with van der Waals surface area (Å²) in [5, 5.41) is 0. The number of hydrogen-bond acceptors (Lipinski definition) is 3. The molecule has 1 unspecified atom stereocenters. The van der Waals surface area contributed by atoms with Crippen LogP contribution >= 0.6 is 0 Å². The quantitative estimate of drug-likeness (QED) is 0.333. The van der Waals surface area contributed by atoms with Gasteiger partial charge in [-0.05, 0) is 64.3 Å². The van der Waals surface area contributed by atoms with Gasteiger partial charge in [0, 0.05) is 11.4 Å². The highest BCUT2D eigenvalue weighted by Crippen LogP contribution is 2.35. The van der Waals surface area contributed by atoms with Crippen LogP contribution in [0.5, 0.6) is 0 Å². The number of alkyl halides is 3. The van der Waals surface area contributed by atoms with Crippen LogP contribution in [0.4, 0.5) is 13.2 Å². The molecule has 1 N–H and O–H groups in total. The second-order valence-electron chi connectivity index (χ2n) is 9.01. The van der Waals surface area contributed by atoms with Crippen LogP contribution in [0.15, 0.2) is 61.2 Å². The van der Waals surface area contributed by atoms with Crippen LogP contribution in [0, 0.1) is 6.92 Å². The van der Waals surface area contributed by atoms with Gasteiger partial charge in [0.05, 0.1) is 18.3 Å². The van der Waals surface area contributed by atoms with E-state index >= 15 is 0 Å². The van der Waals surface area contributed by atoms with E-state index in [2.05, 4.69) is 11.3 Å². The molecule has 0 aliphatic carbocycles. The topological polar surface area (TPSA) is 44.3 Å². The van der Waals surface area contributed by atoms with Crippen molar-refractivity contribution >= 4 is 11.4 Å². The Morgan fingerprint density at radius 3 is 2.25 bits per heavy atom. The van der Waals surface area contributed by atoms with E-state index in [0.29, 0.717) is 17.5 Å². The van der Waals surface area contributed by atoms with Crippen molar-refractivity contribution < 1.29 is 22.5 Å². The van der Waals surface area contributed by atoms with Gasteiger partial charge in [0.1, 0.15) is 10.3 Å². The molecule has 0 radical (unpaired) electrons. The maximum Gasteiger partial charge on any atom is 0.416 e. The number of halogens is 3. The molecular weight excluding hydrogens is 435 g/mol. The highest BCUT2D eigenvalue weighted by atomic mass is 32.2. The number of benzene rings is 2. The summed E-state index contributed by atoms with van der Waals surface area (Å²) >= 11 is -1.41. The van der Waals surface area contributed by atoms with E-state index in [1.54, 1.807) is 26.0 Å². The number of rotatable bonds is 9. The van der Waals surface area contributed by atoms with Crippen molar-refractivity contribution in [2.75, 3.05) is 6.61 Å². The second kappa shape index (κ2) is 10.4. The van der Waals surface area contributed by atoms with Crippen LogP contribution in [-0.2, 0) is 27.8 Å². The van der Waals surface area contributed by atoms with Gasteiger partial charge in [0.2, 0.25) is 0 Å². The lowest BCUT2D eigenvalue weighted by Gasteiger charge is -2.38. The number of ether oxygens (including phenoxy) is 1. The molecule has 2 aromatic carbocycles. The Morgan fingerprint density at radius 1 is 1.09 bits per heavy atom. The van der Waals surface area contributed by atoms with Crippen LogP contribution in [-0.4, -0.2) is 15.9 Å². The monoisotopic (exact) mass is 467 g/mol. The molecule has 0 spiro atoms. The Labute approximate surface area is 192 Å². The summed E-state index contributed by atoms with van der Waals surface area (Å²) in [5.74, 6) is 0. The third-order valence-electron chi connectivity index (χ3n) is 5.14. The van der Waals surface area contributed by atoms with Gasteiger partial charge in [-0.2, -0.15) is 13.2 Å². The molecule has 0 aromatic heterocycles. The van der Waals surface area contributed by atoms with E-state index in [0.717, 1.165) is 17.7 Å². The summed E-state index contributed by atoms with van der Waals surface area (Å²) in [7, 11) is 0. The maximum absolute atomic E-state index is 13.3. The minimum atomic E-state index is -4.43. The van der Waals surface area contributed by atoms with Crippen molar-refractivity contribution in [1.82, 2.24) is 4.72 Å². The fraction of sp³-hybridized carbons (Fsp3) is 0.440. The Kier molecular flexibility index (Phi) is 8.62. The summed E-state index contributed by atoms with van der Waals surface area (Å²) in [6.45, 7) is 12.9. The van der Waals surface area contributed by atoms with Gasteiger partial charge < -0.3 is 9.29 Å². The first-order chi connectivity index (χ1) is 14.8. The molecule has 0 bridgehead atoms.